The Labute approximate surface area is 69.8 Å². The van der Waals surface area contributed by atoms with Crippen LogP contribution >= 0.6 is 0 Å². The highest BCUT2D eigenvalue weighted by Gasteiger charge is 2.24. The lowest BCUT2D eigenvalue weighted by atomic mass is 9.83. The van der Waals surface area contributed by atoms with Crippen molar-refractivity contribution in [3.05, 3.63) is 0 Å². The molecular formula is C9H20N2. The van der Waals surface area contributed by atoms with Gasteiger partial charge in [0.25, 0.3) is 0 Å². The molecule has 1 saturated heterocycles. The molecule has 2 N–H and O–H groups in total. The normalized spacial score (nSPS) is 21.3. The molecule has 0 aliphatic carbocycles. The third-order valence-corrected chi connectivity index (χ3v) is 2.77. The van der Waals surface area contributed by atoms with Gasteiger partial charge in [0.2, 0.25) is 0 Å². The summed E-state index contributed by atoms with van der Waals surface area (Å²) in [6.07, 6.45) is 2.69. The molecule has 0 spiro atoms. The summed E-state index contributed by atoms with van der Waals surface area (Å²) in [5.74, 6) is 1.91. The van der Waals surface area contributed by atoms with Gasteiger partial charge in [0.15, 0.2) is 0 Å². The van der Waals surface area contributed by atoms with Crippen LogP contribution in [0.5, 0.6) is 0 Å². The molecule has 0 radical (unpaired) electrons. The SMILES string of the molecule is CCC(CCNC)C1CNC1. The van der Waals surface area contributed by atoms with E-state index in [2.05, 4.69) is 17.6 Å². The summed E-state index contributed by atoms with van der Waals surface area (Å²) in [7, 11) is 2.03. The average Bonchev–Trinajstić information content (AvgIpc) is 1.93. The van der Waals surface area contributed by atoms with Gasteiger partial charge in [0.05, 0.1) is 0 Å². The number of nitrogens with one attached hydrogen (secondary N) is 2. The second-order valence-electron chi connectivity index (χ2n) is 3.48. The van der Waals surface area contributed by atoms with Crippen LogP contribution in [0.3, 0.4) is 0 Å². The molecule has 0 amide bonds. The van der Waals surface area contributed by atoms with Crippen LogP contribution in [0.4, 0.5) is 0 Å². The average molecular weight is 156 g/mol. The van der Waals surface area contributed by atoms with Crippen molar-refractivity contribution in [2.24, 2.45) is 11.8 Å². The fraction of sp³-hybridized carbons (Fsp3) is 1.00. The molecule has 1 aliphatic rings. The van der Waals surface area contributed by atoms with Gasteiger partial charge in [-0.15, -0.1) is 0 Å². The van der Waals surface area contributed by atoms with Crippen LogP contribution in [0, 0.1) is 11.8 Å². The largest absolute Gasteiger partial charge is 0.320 e. The molecule has 1 rings (SSSR count). The van der Waals surface area contributed by atoms with E-state index in [0.717, 1.165) is 11.8 Å². The van der Waals surface area contributed by atoms with Crippen molar-refractivity contribution >= 4 is 0 Å². The van der Waals surface area contributed by atoms with Gasteiger partial charge in [-0.25, -0.2) is 0 Å². The highest BCUT2D eigenvalue weighted by Crippen LogP contribution is 2.22. The highest BCUT2D eigenvalue weighted by molar-refractivity contribution is 4.81. The maximum Gasteiger partial charge on any atom is -0.000559 e. The van der Waals surface area contributed by atoms with Crippen LogP contribution in [0.25, 0.3) is 0 Å². The maximum absolute atomic E-state index is 3.33. The Bertz CT molecular complexity index is 99.7. The Balaban J connectivity index is 2.13. The minimum absolute atomic E-state index is 0.948. The van der Waals surface area contributed by atoms with E-state index in [0.29, 0.717) is 0 Å². The van der Waals surface area contributed by atoms with Gasteiger partial charge in [0, 0.05) is 0 Å². The predicted octanol–water partition coefficient (Wildman–Crippen LogP) is 0.842. The minimum Gasteiger partial charge on any atom is -0.320 e. The highest BCUT2D eigenvalue weighted by atomic mass is 15.0. The maximum atomic E-state index is 3.33. The monoisotopic (exact) mass is 156 g/mol. The summed E-state index contributed by atoms with van der Waals surface area (Å²) < 4.78 is 0. The zero-order valence-electron chi connectivity index (χ0n) is 7.69. The lowest BCUT2D eigenvalue weighted by Crippen LogP contribution is -2.46. The van der Waals surface area contributed by atoms with Crippen molar-refractivity contribution in [1.82, 2.24) is 10.6 Å². The molecule has 1 unspecified atom stereocenters. The Morgan fingerprint density at radius 1 is 1.55 bits per heavy atom. The minimum atomic E-state index is 0.948. The smallest absolute Gasteiger partial charge is 0.000559 e. The van der Waals surface area contributed by atoms with E-state index < -0.39 is 0 Å². The van der Waals surface area contributed by atoms with Crippen LogP contribution in [-0.4, -0.2) is 26.7 Å². The second-order valence-corrected chi connectivity index (χ2v) is 3.48. The zero-order chi connectivity index (χ0) is 8.10. The van der Waals surface area contributed by atoms with E-state index in [1.807, 2.05) is 7.05 Å². The van der Waals surface area contributed by atoms with E-state index in [-0.39, 0.29) is 0 Å². The Morgan fingerprint density at radius 2 is 2.27 bits per heavy atom. The molecule has 66 valence electrons. The predicted molar refractivity (Wildman–Crippen MR) is 48.7 cm³/mol. The molecule has 11 heavy (non-hydrogen) atoms. The third kappa shape index (κ3) is 2.46. The summed E-state index contributed by atoms with van der Waals surface area (Å²) in [4.78, 5) is 0. The summed E-state index contributed by atoms with van der Waals surface area (Å²) in [5.41, 5.74) is 0. The summed E-state index contributed by atoms with van der Waals surface area (Å²) >= 11 is 0. The summed E-state index contributed by atoms with van der Waals surface area (Å²) in [6.45, 7) is 5.98. The summed E-state index contributed by atoms with van der Waals surface area (Å²) in [5, 5.41) is 6.55. The first-order valence-corrected chi connectivity index (χ1v) is 4.73. The topological polar surface area (TPSA) is 24.1 Å². The molecule has 0 bridgehead atoms. The van der Waals surface area contributed by atoms with Crippen LogP contribution in [-0.2, 0) is 0 Å². The van der Waals surface area contributed by atoms with Crippen LogP contribution in [0.15, 0.2) is 0 Å². The molecule has 1 fully saturated rings. The van der Waals surface area contributed by atoms with Crippen molar-refractivity contribution in [2.45, 2.75) is 19.8 Å². The van der Waals surface area contributed by atoms with Gasteiger partial charge in [0.1, 0.15) is 0 Å². The van der Waals surface area contributed by atoms with Gasteiger partial charge in [-0.1, -0.05) is 13.3 Å². The van der Waals surface area contributed by atoms with Gasteiger partial charge in [-0.05, 0) is 44.9 Å². The first-order chi connectivity index (χ1) is 5.38. The lowest BCUT2D eigenvalue weighted by molar-refractivity contribution is 0.216. The quantitative estimate of drug-likeness (QED) is 0.616. The van der Waals surface area contributed by atoms with E-state index in [1.54, 1.807) is 0 Å². The molecule has 0 aromatic heterocycles. The van der Waals surface area contributed by atoms with Crippen LogP contribution in [0.2, 0.25) is 0 Å². The zero-order valence-corrected chi connectivity index (χ0v) is 7.69. The number of hydrogen-bond donors (Lipinski definition) is 2. The van der Waals surface area contributed by atoms with Crippen LogP contribution < -0.4 is 10.6 Å². The van der Waals surface area contributed by atoms with Crippen molar-refractivity contribution in [2.75, 3.05) is 26.7 Å². The Hall–Kier alpha value is -0.0800. The Kier molecular flexibility index (Phi) is 3.87. The summed E-state index contributed by atoms with van der Waals surface area (Å²) in [6, 6.07) is 0. The number of rotatable bonds is 5. The third-order valence-electron chi connectivity index (χ3n) is 2.77. The fourth-order valence-corrected chi connectivity index (χ4v) is 1.75. The molecule has 0 saturated carbocycles. The van der Waals surface area contributed by atoms with Gasteiger partial charge in [-0.2, -0.15) is 0 Å². The second kappa shape index (κ2) is 4.73. The van der Waals surface area contributed by atoms with Crippen molar-refractivity contribution in [3.8, 4) is 0 Å². The van der Waals surface area contributed by atoms with Crippen molar-refractivity contribution < 1.29 is 0 Å². The molecule has 0 aromatic rings. The van der Waals surface area contributed by atoms with Crippen LogP contribution in [0.1, 0.15) is 19.8 Å². The first kappa shape index (κ1) is 9.01. The number of hydrogen-bond acceptors (Lipinski definition) is 2. The lowest BCUT2D eigenvalue weighted by Gasteiger charge is -2.34. The fourth-order valence-electron chi connectivity index (χ4n) is 1.75. The van der Waals surface area contributed by atoms with E-state index in [1.165, 1.54) is 32.5 Å². The molecule has 2 nitrogen and oxygen atoms in total. The molecule has 0 aromatic carbocycles. The molecule has 1 aliphatic heterocycles. The molecule has 1 atom stereocenters. The first-order valence-electron chi connectivity index (χ1n) is 4.73. The van der Waals surface area contributed by atoms with E-state index in [4.69, 9.17) is 0 Å². The molecule has 2 heteroatoms. The Morgan fingerprint density at radius 3 is 2.64 bits per heavy atom. The van der Waals surface area contributed by atoms with Crippen molar-refractivity contribution in [1.29, 1.82) is 0 Å². The van der Waals surface area contributed by atoms with Crippen molar-refractivity contribution in [3.63, 3.8) is 0 Å². The van der Waals surface area contributed by atoms with Gasteiger partial charge < -0.3 is 10.6 Å². The standard InChI is InChI=1S/C9H20N2/c1-3-8(4-5-10-2)9-6-11-7-9/h8-11H,3-7H2,1-2H3. The van der Waals surface area contributed by atoms with E-state index >= 15 is 0 Å². The van der Waals surface area contributed by atoms with Gasteiger partial charge >= 0.3 is 0 Å². The molecular weight excluding hydrogens is 136 g/mol. The molecule has 1 heterocycles. The van der Waals surface area contributed by atoms with E-state index in [9.17, 15) is 0 Å². The van der Waals surface area contributed by atoms with Gasteiger partial charge in [-0.3, -0.25) is 0 Å².